The van der Waals surface area contributed by atoms with Gasteiger partial charge < -0.3 is 15.0 Å². The number of sulfonamides is 1. The molecule has 182 valence electrons. The summed E-state index contributed by atoms with van der Waals surface area (Å²) in [4.78, 5) is 15.6. The number of amides is 1. The first-order chi connectivity index (χ1) is 16.9. The molecule has 1 atom stereocenters. The summed E-state index contributed by atoms with van der Waals surface area (Å²) >= 11 is 6.15. The number of hydrogen-bond donors (Lipinski definition) is 1. The predicted octanol–water partition coefficient (Wildman–Crippen LogP) is 4.93. The van der Waals surface area contributed by atoms with Gasteiger partial charge >= 0.3 is 0 Å². The number of ether oxygens (including phenoxy) is 1. The SMILES string of the molecule is O=C(Nc1ccc(N2CCCCC2)cc1)[C@H]1CN(S(=O)(=O)c2ccccc2)c2cc(Cl)ccc2O1. The van der Waals surface area contributed by atoms with E-state index < -0.39 is 22.0 Å². The molecule has 1 fully saturated rings. The van der Waals surface area contributed by atoms with Gasteiger partial charge in [-0.15, -0.1) is 0 Å². The van der Waals surface area contributed by atoms with Crippen LogP contribution in [-0.4, -0.2) is 40.1 Å². The highest BCUT2D eigenvalue weighted by Crippen LogP contribution is 2.39. The van der Waals surface area contributed by atoms with Crippen LogP contribution in [0.1, 0.15) is 19.3 Å². The Bertz CT molecular complexity index is 1310. The zero-order valence-electron chi connectivity index (χ0n) is 19.1. The van der Waals surface area contributed by atoms with Crippen LogP contribution in [0.25, 0.3) is 0 Å². The van der Waals surface area contributed by atoms with Gasteiger partial charge in [0.15, 0.2) is 6.10 Å². The van der Waals surface area contributed by atoms with Crippen molar-refractivity contribution in [2.45, 2.75) is 30.3 Å². The number of nitrogens with zero attached hydrogens (tertiary/aromatic N) is 2. The molecule has 0 aliphatic carbocycles. The maximum absolute atomic E-state index is 13.5. The molecule has 0 spiro atoms. The van der Waals surface area contributed by atoms with E-state index in [0.717, 1.165) is 18.8 Å². The van der Waals surface area contributed by atoms with Gasteiger partial charge in [-0.2, -0.15) is 0 Å². The van der Waals surface area contributed by atoms with E-state index in [4.69, 9.17) is 16.3 Å². The van der Waals surface area contributed by atoms with Crippen LogP contribution in [-0.2, 0) is 14.8 Å². The smallest absolute Gasteiger partial charge is 0.267 e. The molecule has 2 heterocycles. The summed E-state index contributed by atoms with van der Waals surface area (Å²) in [6.07, 6.45) is 2.60. The van der Waals surface area contributed by atoms with Crippen LogP contribution >= 0.6 is 11.6 Å². The van der Waals surface area contributed by atoms with Crippen LogP contribution in [0.4, 0.5) is 17.1 Å². The van der Waals surface area contributed by atoms with Gasteiger partial charge in [-0.25, -0.2) is 8.42 Å². The fourth-order valence-electron chi connectivity index (χ4n) is 4.44. The molecule has 0 unspecified atom stereocenters. The van der Waals surface area contributed by atoms with Crippen LogP contribution in [0.15, 0.2) is 77.7 Å². The number of hydrogen-bond acceptors (Lipinski definition) is 5. The van der Waals surface area contributed by atoms with Crippen LogP contribution in [0.3, 0.4) is 0 Å². The second-order valence-corrected chi connectivity index (χ2v) is 11.0. The lowest BCUT2D eigenvalue weighted by Gasteiger charge is -2.35. The van der Waals surface area contributed by atoms with Crippen molar-refractivity contribution in [2.75, 3.05) is 34.2 Å². The van der Waals surface area contributed by atoms with Crippen molar-refractivity contribution in [3.63, 3.8) is 0 Å². The van der Waals surface area contributed by atoms with Gasteiger partial charge in [0.1, 0.15) is 5.75 Å². The molecule has 0 saturated carbocycles. The highest BCUT2D eigenvalue weighted by atomic mass is 35.5. The van der Waals surface area contributed by atoms with Gasteiger partial charge in [0, 0.05) is 29.5 Å². The van der Waals surface area contributed by atoms with Crippen molar-refractivity contribution in [1.82, 2.24) is 0 Å². The normalized spacial score (nSPS) is 17.9. The van der Waals surface area contributed by atoms with Gasteiger partial charge in [-0.3, -0.25) is 9.10 Å². The summed E-state index contributed by atoms with van der Waals surface area (Å²) in [5.41, 5.74) is 2.05. The first-order valence-electron chi connectivity index (χ1n) is 11.6. The van der Waals surface area contributed by atoms with Crippen molar-refractivity contribution < 1.29 is 17.9 Å². The van der Waals surface area contributed by atoms with E-state index in [0.29, 0.717) is 16.4 Å². The first kappa shape index (κ1) is 23.5. The molecule has 35 heavy (non-hydrogen) atoms. The number of benzene rings is 3. The van der Waals surface area contributed by atoms with Gasteiger partial charge in [0.05, 0.1) is 17.1 Å². The highest BCUT2D eigenvalue weighted by molar-refractivity contribution is 7.92. The first-order valence-corrected chi connectivity index (χ1v) is 13.4. The molecule has 1 N–H and O–H groups in total. The number of nitrogens with one attached hydrogen (secondary N) is 1. The minimum Gasteiger partial charge on any atom is -0.476 e. The number of anilines is 3. The maximum Gasteiger partial charge on any atom is 0.267 e. The number of halogens is 1. The van der Waals surface area contributed by atoms with E-state index in [9.17, 15) is 13.2 Å². The summed E-state index contributed by atoms with van der Waals surface area (Å²) in [7, 11) is -3.94. The van der Waals surface area contributed by atoms with Crippen LogP contribution in [0.2, 0.25) is 5.02 Å². The molecule has 7 nitrogen and oxygen atoms in total. The number of carbonyl (C=O) groups excluding carboxylic acids is 1. The summed E-state index contributed by atoms with van der Waals surface area (Å²) in [5, 5.41) is 3.24. The second-order valence-electron chi connectivity index (χ2n) is 8.65. The lowest BCUT2D eigenvalue weighted by atomic mass is 10.1. The molecule has 2 aliphatic heterocycles. The van der Waals surface area contributed by atoms with E-state index in [1.54, 1.807) is 30.3 Å². The lowest BCUT2D eigenvalue weighted by molar-refractivity contribution is -0.122. The topological polar surface area (TPSA) is 79.0 Å². The molecular formula is C26H26ClN3O4S. The molecule has 1 amide bonds. The fourth-order valence-corrected chi connectivity index (χ4v) is 6.09. The molecule has 2 aliphatic rings. The van der Waals surface area contributed by atoms with Gasteiger partial charge in [-0.1, -0.05) is 29.8 Å². The van der Waals surface area contributed by atoms with Gasteiger partial charge in [0.25, 0.3) is 15.9 Å². The van der Waals surface area contributed by atoms with Crippen molar-refractivity contribution in [2.24, 2.45) is 0 Å². The largest absolute Gasteiger partial charge is 0.476 e. The third-order valence-electron chi connectivity index (χ3n) is 6.27. The summed E-state index contributed by atoms with van der Waals surface area (Å²) in [6, 6.07) is 20.5. The molecule has 0 radical (unpaired) electrons. The molecule has 1 saturated heterocycles. The van der Waals surface area contributed by atoms with E-state index in [1.807, 2.05) is 24.3 Å². The number of fused-ring (bicyclic) bond motifs is 1. The minimum atomic E-state index is -3.94. The average molecular weight is 512 g/mol. The van der Waals surface area contributed by atoms with Gasteiger partial charge in [-0.05, 0) is 73.9 Å². The molecule has 5 rings (SSSR count). The van der Waals surface area contributed by atoms with Crippen LogP contribution in [0, 0.1) is 0 Å². The zero-order chi connectivity index (χ0) is 24.4. The zero-order valence-corrected chi connectivity index (χ0v) is 20.6. The van der Waals surface area contributed by atoms with Crippen LogP contribution in [0.5, 0.6) is 5.75 Å². The van der Waals surface area contributed by atoms with Crippen molar-refractivity contribution in [3.8, 4) is 5.75 Å². The Morgan fingerprint density at radius 3 is 2.37 bits per heavy atom. The van der Waals surface area contributed by atoms with E-state index in [2.05, 4.69) is 10.2 Å². The molecular weight excluding hydrogens is 486 g/mol. The Hall–Kier alpha value is -3.23. The fraction of sp³-hybridized carbons (Fsp3) is 0.269. The predicted molar refractivity (Wildman–Crippen MR) is 138 cm³/mol. The standard InChI is InChI=1S/C26H26ClN3O4S/c27-19-9-14-24-23(17-19)30(35(32,33)22-7-3-1-4-8-22)18-25(34-24)26(31)28-20-10-12-21(13-11-20)29-15-5-2-6-16-29/h1,3-4,7-14,17,25H,2,5-6,15-16,18H2,(H,28,31)/t25-/m1/s1. The minimum absolute atomic E-state index is 0.125. The maximum atomic E-state index is 13.5. The van der Waals surface area contributed by atoms with Crippen molar-refractivity contribution in [1.29, 1.82) is 0 Å². The van der Waals surface area contributed by atoms with Crippen molar-refractivity contribution >= 4 is 44.6 Å². The van der Waals surface area contributed by atoms with Crippen molar-refractivity contribution in [3.05, 3.63) is 77.8 Å². The molecule has 0 aromatic heterocycles. The Morgan fingerprint density at radius 2 is 1.66 bits per heavy atom. The van der Waals surface area contributed by atoms with Crippen LogP contribution < -0.4 is 19.3 Å². The highest BCUT2D eigenvalue weighted by Gasteiger charge is 2.37. The Morgan fingerprint density at radius 1 is 0.943 bits per heavy atom. The average Bonchev–Trinajstić information content (AvgIpc) is 2.89. The Kier molecular flexibility index (Phi) is 6.58. The quantitative estimate of drug-likeness (QED) is 0.525. The molecule has 0 bridgehead atoms. The number of rotatable bonds is 5. The van der Waals surface area contributed by atoms with E-state index in [1.165, 1.54) is 41.8 Å². The third-order valence-corrected chi connectivity index (χ3v) is 8.30. The Labute approximate surface area is 210 Å². The molecule has 9 heteroatoms. The second kappa shape index (κ2) is 9.79. The van der Waals surface area contributed by atoms with E-state index >= 15 is 0 Å². The summed E-state index contributed by atoms with van der Waals surface area (Å²) in [5.74, 6) is -0.148. The number of piperidine rings is 1. The lowest BCUT2D eigenvalue weighted by Crippen LogP contribution is -2.48. The molecule has 3 aromatic rings. The third kappa shape index (κ3) is 4.94. The summed E-state index contributed by atoms with van der Waals surface area (Å²) in [6.45, 7) is 1.90. The molecule has 3 aromatic carbocycles. The van der Waals surface area contributed by atoms with Gasteiger partial charge in [0.2, 0.25) is 0 Å². The summed E-state index contributed by atoms with van der Waals surface area (Å²) < 4.78 is 34.0. The van der Waals surface area contributed by atoms with E-state index in [-0.39, 0.29) is 17.2 Å². The monoisotopic (exact) mass is 511 g/mol. The Balaban J connectivity index is 1.37. The number of carbonyl (C=O) groups is 1.